The molecule has 6 nitrogen and oxygen atoms in total. The first-order valence-corrected chi connectivity index (χ1v) is 9.42. The highest BCUT2D eigenvalue weighted by molar-refractivity contribution is 5.94. The van der Waals surface area contributed by atoms with Crippen LogP contribution in [0.15, 0.2) is 30.5 Å². The molecule has 0 aliphatic carbocycles. The number of rotatable bonds is 6. The summed E-state index contributed by atoms with van der Waals surface area (Å²) in [4.78, 5) is 12.3. The van der Waals surface area contributed by atoms with E-state index in [2.05, 4.69) is 29.6 Å². The zero-order valence-corrected chi connectivity index (χ0v) is 15.5. The predicted octanol–water partition coefficient (Wildman–Crippen LogP) is 2.82. The maximum absolute atomic E-state index is 12.3. The lowest BCUT2D eigenvalue weighted by atomic mass is 9.96. The van der Waals surface area contributed by atoms with E-state index in [0.29, 0.717) is 18.4 Å². The Bertz CT molecular complexity index is 731. The monoisotopic (exact) mass is 356 g/mol. The van der Waals surface area contributed by atoms with E-state index in [1.807, 2.05) is 24.3 Å². The topological polar surface area (TPSA) is 79.2 Å². The number of nitrogens with one attached hydrogen (secondary N) is 2. The van der Waals surface area contributed by atoms with Crippen molar-refractivity contribution < 1.29 is 9.90 Å². The highest BCUT2D eigenvalue weighted by Crippen LogP contribution is 2.21. The fourth-order valence-electron chi connectivity index (χ4n) is 3.31. The van der Waals surface area contributed by atoms with Crippen molar-refractivity contribution in [2.24, 2.45) is 5.92 Å². The molecule has 0 radical (unpaired) electrons. The van der Waals surface area contributed by atoms with Crippen molar-refractivity contribution in [3.05, 3.63) is 41.7 Å². The molecule has 3 N–H and O–H groups in total. The summed E-state index contributed by atoms with van der Waals surface area (Å²) in [6.45, 7) is 6.98. The predicted molar refractivity (Wildman–Crippen MR) is 102 cm³/mol. The fourth-order valence-corrected chi connectivity index (χ4v) is 3.31. The van der Waals surface area contributed by atoms with Gasteiger partial charge in [-0.15, -0.1) is 0 Å². The second kappa shape index (κ2) is 8.36. The van der Waals surface area contributed by atoms with Gasteiger partial charge in [-0.2, -0.15) is 5.10 Å². The molecule has 1 aliphatic rings. The number of carbonyl (C=O) groups excluding carboxylic acids is 1. The van der Waals surface area contributed by atoms with E-state index in [4.69, 9.17) is 0 Å². The van der Waals surface area contributed by atoms with Crippen molar-refractivity contribution in [1.29, 1.82) is 0 Å². The first-order valence-electron chi connectivity index (χ1n) is 9.42. The van der Waals surface area contributed by atoms with Gasteiger partial charge in [-0.25, -0.2) is 4.68 Å². The molecular formula is C20H28N4O2. The minimum absolute atomic E-state index is 0.0692. The Morgan fingerprint density at radius 1 is 1.38 bits per heavy atom. The molecule has 1 amide bonds. The lowest BCUT2D eigenvalue weighted by Gasteiger charge is -2.22. The zero-order valence-electron chi connectivity index (χ0n) is 15.5. The molecule has 0 bridgehead atoms. The molecule has 1 aromatic carbocycles. The maximum Gasteiger partial charge on any atom is 0.275 e. The van der Waals surface area contributed by atoms with Gasteiger partial charge in [0.25, 0.3) is 5.91 Å². The first kappa shape index (κ1) is 18.5. The van der Waals surface area contributed by atoms with Crippen LogP contribution in [-0.4, -0.2) is 40.4 Å². The van der Waals surface area contributed by atoms with Gasteiger partial charge in [0.2, 0.25) is 0 Å². The molecule has 1 fully saturated rings. The first-order chi connectivity index (χ1) is 12.5. The summed E-state index contributed by atoms with van der Waals surface area (Å²) in [5, 5.41) is 20.6. The number of aromatic hydroxyl groups is 1. The number of carbonyl (C=O) groups is 1. The summed E-state index contributed by atoms with van der Waals surface area (Å²) < 4.78 is 1.54. The van der Waals surface area contributed by atoms with Gasteiger partial charge in [0.15, 0.2) is 11.4 Å². The summed E-state index contributed by atoms with van der Waals surface area (Å²) in [7, 11) is 0. The number of hydrogen-bond acceptors (Lipinski definition) is 4. The molecule has 1 atom stereocenters. The minimum Gasteiger partial charge on any atom is -0.504 e. The van der Waals surface area contributed by atoms with Gasteiger partial charge in [-0.1, -0.05) is 26.0 Å². The molecule has 2 aromatic rings. The largest absolute Gasteiger partial charge is 0.504 e. The molecule has 140 valence electrons. The maximum atomic E-state index is 12.3. The quantitative estimate of drug-likeness (QED) is 0.744. The fraction of sp³-hybridized carbons (Fsp3) is 0.500. The minimum atomic E-state index is -0.330. The summed E-state index contributed by atoms with van der Waals surface area (Å²) in [5.74, 6) is 0.629. The number of amides is 1. The van der Waals surface area contributed by atoms with Crippen LogP contribution in [-0.2, 0) is 0 Å². The van der Waals surface area contributed by atoms with Crippen molar-refractivity contribution in [3.8, 4) is 11.4 Å². The van der Waals surface area contributed by atoms with E-state index >= 15 is 0 Å². The van der Waals surface area contributed by atoms with Gasteiger partial charge < -0.3 is 15.7 Å². The molecule has 3 rings (SSSR count). The van der Waals surface area contributed by atoms with Crippen LogP contribution in [0.5, 0.6) is 5.75 Å². The molecule has 2 heterocycles. The highest BCUT2D eigenvalue weighted by Gasteiger charge is 2.18. The van der Waals surface area contributed by atoms with Crippen LogP contribution < -0.4 is 10.6 Å². The van der Waals surface area contributed by atoms with Crippen molar-refractivity contribution >= 4 is 5.91 Å². The van der Waals surface area contributed by atoms with Crippen LogP contribution >= 0.6 is 0 Å². The third kappa shape index (κ3) is 4.43. The molecule has 0 spiro atoms. The third-order valence-electron chi connectivity index (χ3n) is 4.97. The summed E-state index contributed by atoms with van der Waals surface area (Å²) >= 11 is 0. The molecule has 1 aromatic heterocycles. The molecule has 1 aliphatic heterocycles. The van der Waals surface area contributed by atoms with Gasteiger partial charge in [0.1, 0.15) is 0 Å². The Morgan fingerprint density at radius 3 is 2.81 bits per heavy atom. The number of aromatic nitrogens is 2. The molecule has 0 saturated carbocycles. The Labute approximate surface area is 154 Å². The average Bonchev–Trinajstić information content (AvgIpc) is 3.04. The van der Waals surface area contributed by atoms with E-state index < -0.39 is 0 Å². The van der Waals surface area contributed by atoms with E-state index in [-0.39, 0.29) is 17.4 Å². The van der Waals surface area contributed by atoms with Crippen LogP contribution in [0.25, 0.3) is 5.69 Å². The van der Waals surface area contributed by atoms with Gasteiger partial charge >= 0.3 is 0 Å². The lowest BCUT2D eigenvalue weighted by molar-refractivity contribution is 0.0942. The van der Waals surface area contributed by atoms with Crippen molar-refractivity contribution in [3.63, 3.8) is 0 Å². The van der Waals surface area contributed by atoms with Gasteiger partial charge in [0, 0.05) is 6.54 Å². The number of nitrogens with zero attached hydrogens (tertiary/aromatic N) is 2. The van der Waals surface area contributed by atoms with Crippen LogP contribution in [0.1, 0.15) is 55.1 Å². The van der Waals surface area contributed by atoms with E-state index in [1.165, 1.54) is 24.6 Å². The lowest BCUT2D eigenvalue weighted by Crippen LogP contribution is -2.33. The van der Waals surface area contributed by atoms with Gasteiger partial charge in [-0.3, -0.25) is 4.79 Å². The van der Waals surface area contributed by atoms with Crippen LogP contribution in [0.3, 0.4) is 0 Å². The van der Waals surface area contributed by atoms with Gasteiger partial charge in [-0.05, 0) is 61.9 Å². The highest BCUT2D eigenvalue weighted by atomic mass is 16.3. The normalized spacial score (nSPS) is 17.4. The Hall–Kier alpha value is -2.34. The Morgan fingerprint density at radius 2 is 2.15 bits per heavy atom. The zero-order chi connectivity index (χ0) is 18.5. The van der Waals surface area contributed by atoms with Crippen LogP contribution in [0, 0.1) is 5.92 Å². The SMILES string of the molecule is CC(C)c1ccc(-n2cc(O)c(C(=O)NCCC3CCCNC3)n2)cc1. The second-order valence-corrected chi connectivity index (χ2v) is 7.31. The molecule has 6 heteroatoms. The number of piperidine rings is 1. The molecular weight excluding hydrogens is 328 g/mol. The van der Waals surface area contributed by atoms with Crippen molar-refractivity contribution in [2.75, 3.05) is 19.6 Å². The summed E-state index contributed by atoms with van der Waals surface area (Å²) in [5.41, 5.74) is 2.12. The average molecular weight is 356 g/mol. The Balaban J connectivity index is 1.60. The standard InChI is InChI=1S/C20H28N4O2/c1-14(2)16-5-7-17(8-6-16)24-13-18(25)19(23-24)20(26)22-11-9-15-4-3-10-21-12-15/h5-8,13-15,21,25H,3-4,9-12H2,1-2H3,(H,22,26). The number of hydrogen-bond donors (Lipinski definition) is 3. The molecule has 26 heavy (non-hydrogen) atoms. The van der Waals surface area contributed by atoms with E-state index in [0.717, 1.165) is 25.2 Å². The molecule has 1 saturated heterocycles. The smallest absolute Gasteiger partial charge is 0.275 e. The number of benzene rings is 1. The third-order valence-corrected chi connectivity index (χ3v) is 4.97. The summed E-state index contributed by atoms with van der Waals surface area (Å²) in [6.07, 6.45) is 4.82. The van der Waals surface area contributed by atoms with E-state index in [1.54, 1.807) is 4.68 Å². The Kier molecular flexibility index (Phi) is 5.93. The van der Waals surface area contributed by atoms with Crippen LogP contribution in [0.2, 0.25) is 0 Å². The van der Waals surface area contributed by atoms with Crippen LogP contribution in [0.4, 0.5) is 0 Å². The van der Waals surface area contributed by atoms with Crippen molar-refractivity contribution in [1.82, 2.24) is 20.4 Å². The van der Waals surface area contributed by atoms with E-state index in [9.17, 15) is 9.90 Å². The van der Waals surface area contributed by atoms with Gasteiger partial charge in [0.05, 0.1) is 11.9 Å². The second-order valence-electron chi connectivity index (χ2n) is 7.31. The summed E-state index contributed by atoms with van der Waals surface area (Å²) in [6, 6.07) is 7.96. The van der Waals surface area contributed by atoms with Crippen molar-refractivity contribution in [2.45, 2.75) is 39.0 Å². The molecule has 1 unspecified atom stereocenters.